The van der Waals surface area contributed by atoms with Crippen molar-refractivity contribution >= 4 is 28.9 Å². The van der Waals surface area contributed by atoms with E-state index in [9.17, 15) is 4.79 Å². The maximum Gasteiger partial charge on any atom is 0.238 e. The molecule has 0 aliphatic heterocycles. The molecule has 1 aromatic rings. The maximum atomic E-state index is 12.1. The molecule has 114 valence electrons. The first-order valence-electron chi connectivity index (χ1n) is 6.86. The number of nitrogen functional groups attached to an aromatic ring is 1. The van der Waals surface area contributed by atoms with Gasteiger partial charge in [-0.3, -0.25) is 9.69 Å². The van der Waals surface area contributed by atoms with Gasteiger partial charge in [-0.1, -0.05) is 25.4 Å². The van der Waals surface area contributed by atoms with Gasteiger partial charge >= 0.3 is 0 Å². The molecule has 0 unspecified atom stereocenters. The summed E-state index contributed by atoms with van der Waals surface area (Å²) < 4.78 is 0. The van der Waals surface area contributed by atoms with Crippen LogP contribution in [0.25, 0.3) is 0 Å². The third-order valence-corrected chi connectivity index (χ3v) is 3.05. The number of amides is 1. The molecule has 0 saturated carbocycles. The molecule has 0 aliphatic carbocycles. The third-order valence-electron chi connectivity index (χ3n) is 2.82. The van der Waals surface area contributed by atoms with Crippen LogP contribution in [-0.4, -0.2) is 30.4 Å². The monoisotopic (exact) mass is 308 g/mol. The number of benzene rings is 1. The van der Waals surface area contributed by atoms with Crippen LogP contribution in [0.5, 0.6) is 0 Å². The summed E-state index contributed by atoms with van der Waals surface area (Å²) in [6.07, 6.45) is 0.402. The Kier molecular flexibility index (Phi) is 7.00. The number of hydrogen-bond acceptors (Lipinski definition) is 4. The Labute approximate surface area is 130 Å². The zero-order valence-corrected chi connectivity index (χ0v) is 13.2. The van der Waals surface area contributed by atoms with E-state index in [1.165, 1.54) is 0 Å². The summed E-state index contributed by atoms with van der Waals surface area (Å²) in [5.74, 6) is 0.260. The number of carbonyl (C=O) groups excluding carboxylic acids is 1. The number of nitrogens with two attached hydrogens (primary N) is 1. The molecule has 0 spiro atoms. The molecule has 21 heavy (non-hydrogen) atoms. The number of rotatable bonds is 7. The molecule has 0 saturated heterocycles. The average molecular weight is 309 g/mol. The second-order valence-electron chi connectivity index (χ2n) is 5.32. The summed E-state index contributed by atoms with van der Waals surface area (Å²) >= 11 is 5.89. The molecule has 5 nitrogen and oxygen atoms in total. The summed E-state index contributed by atoms with van der Waals surface area (Å²) in [4.78, 5) is 14.1. The Morgan fingerprint density at radius 1 is 1.52 bits per heavy atom. The fourth-order valence-electron chi connectivity index (χ4n) is 1.99. The Morgan fingerprint density at radius 3 is 2.86 bits per heavy atom. The van der Waals surface area contributed by atoms with Crippen molar-refractivity contribution in [1.82, 2.24) is 4.90 Å². The molecule has 0 fully saturated rings. The highest BCUT2D eigenvalue weighted by atomic mass is 35.5. The molecule has 0 heterocycles. The minimum absolute atomic E-state index is 0.164. The quantitative estimate of drug-likeness (QED) is 0.759. The van der Waals surface area contributed by atoms with Gasteiger partial charge in [0, 0.05) is 24.5 Å². The van der Waals surface area contributed by atoms with Crippen LogP contribution in [0.15, 0.2) is 18.2 Å². The van der Waals surface area contributed by atoms with Gasteiger partial charge in [0.15, 0.2) is 0 Å². The first kappa shape index (κ1) is 17.3. The first-order chi connectivity index (χ1) is 9.92. The van der Waals surface area contributed by atoms with Gasteiger partial charge in [-0.25, -0.2) is 0 Å². The number of halogens is 1. The Bertz CT molecular complexity index is 525. The van der Waals surface area contributed by atoms with Crippen LogP contribution in [0.1, 0.15) is 20.3 Å². The molecule has 1 aromatic carbocycles. The van der Waals surface area contributed by atoms with E-state index in [1.807, 2.05) is 4.90 Å². The normalized spacial score (nSPS) is 10.7. The van der Waals surface area contributed by atoms with Gasteiger partial charge in [0.05, 0.1) is 24.0 Å². The number of hydrogen-bond donors (Lipinski definition) is 2. The fraction of sp³-hybridized carbons (Fsp3) is 0.467. The van der Waals surface area contributed by atoms with Crippen LogP contribution in [0, 0.1) is 17.2 Å². The number of nitrogens with zero attached hydrogens (tertiary/aromatic N) is 2. The van der Waals surface area contributed by atoms with E-state index in [2.05, 4.69) is 25.2 Å². The summed E-state index contributed by atoms with van der Waals surface area (Å²) in [5.41, 5.74) is 6.78. The Balaban J connectivity index is 2.64. The number of anilines is 2. The Morgan fingerprint density at radius 2 is 2.24 bits per heavy atom. The smallest absolute Gasteiger partial charge is 0.238 e. The molecular formula is C15H21ClN4O. The molecular weight excluding hydrogens is 288 g/mol. The van der Waals surface area contributed by atoms with E-state index in [0.717, 1.165) is 6.54 Å². The van der Waals surface area contributed by atoms with Crippen molar-refractivity contribution < 1.29 is 4.79 Å². The van der Waals surface area contributed by atoms with Crippen LogP contribution in [0.4, 0.5) is 11.4 Å². The SMILES string of the molecule is CC(C)CN(CCC#N)CC(=O)Nc1cc(Cl)ccc1N. The minimum atomic E-state index is -0.164. The van der Waals surface area contributed by atoms with E-state index in [0.29, 0.717) is 35.3 Å². The molecule has 0 bridgehead atoms. The van der Waals surface area contributed by atoms with Crippen molar-refractivity contribution in [3.05, 3.63) is 23.2 Å². The largest absolute Gasteiger partial charge is 0.397 e. The van der Waals surface area contributed by atoms with Crippen LogP contribution in [0.3, 0.4) is 0 Å². The predicted octanol–water partition coefficient (Wildman–Crippen LogP) is 2.73. The molecule has 6 heteroatoms. The van der Waals surface area contributed by atoms with Gasteiger partial charge in [0.1, 0.15) is 0 Å². The minimum Gasteiger partial charge on any atom is -0.397 e. The lowest BCUT2D eigenvalue weighted by Crippen LogP contribution is -2.36. The lowest BCUT2D eigenvalue weighted by molar-refractivity contribution is -0.117. The highest BCUT2D eigenvalue weighted by molar-refractivity contribution is 6.31. The summed E-state index contributed by atoms with van der Waals surface area (Å²) in [7, 11) is 0. The maximum absolute atomic E-state index is 12.1. The molecule has 3 N–H and O–H groups in total. The van der Waals surface area contributed by atoms with Gasteiger partial charge < -0.3 is 11.1 Å². The lowest BCUT2D eigenvalue weighted by Gasteiger charge is -2.22. The van der Waals surface area contributed by atoms with Gasteiger partial charge in [-0.2, -0.15) is 5.26 Å². The summed E-state index contributed by atoms with van der Waals surface area (Å²) in [6.45, 7) is 5.72. The van der Waals surface area contributed by atoms with Crippen molar-refractivity contribution in [3.8, 4) is 6.07 Å². The van der Waals surface area contributed by atoms with Crippen molar-refractivity contribution in [2.45, 2.75) is 20.3 Å². The van der Waals surface area contributed by atoms with Gasteiger partial charge in [0.25, 0.3) is 0 Å². The average Bonchev–Trinajstić information content (AvgIpc) is 2.39. The van der Waals surface area contributed by atoms with Crippen molar-refractivity contribution in [2.75, 3.05) is 30.7 Å². The van der Waals surface area contributed by atoms with Crippen molar-refractivity contribution in [2.24, 2.45) is 5.92 Å². The number of carbonyl (C=O) groups is 1. The zero-order valence-electron chi connectivity index (χ0n) is 12.4. The Hall–Kier alpha value is -1.77. The van der Waals surface area contributed by atoms with E-state index in [-0.39, 0.29) is 12.5 Å². The predicted molar refractivity (Wildman–Crippen MR) is 86.0 cm³/mol. The molecule has 0 aliphatic rings. The van der Waals surface area contributed by atoms with E-state index in [4.69, 9.17) is 22.6 Å². The van der Waals surface area contributed by atoms with Gasteiger partial charge in [0.2, 0.25) is 5.91 Å². The lowest BCUT2D eigenvalue weighted by atomic mass is 10.2. The van der Waals surface area contributed by atoms with Gasteiger partial charge in [-0.15, -0.1) is 0 Å². The molecule has 1 amide bonds. The first-order valence-corrected chi connectivity index (χ1v) is 7.24. The van der Waals surface area contributed by atoms with Crippen molar-refractivity contribution in [1.29, 1.82) is 5.26 Å². The van der Waals surface area contributed by atoms with Crippen LogP contribution >= 0.6 is 11.6 Å². The molecule has 0 radical (unpaired) electrons. The fourth-order valence-corrected chi connectivity index (χ4v) is 2.16. The van der Waals surface area contributed by atoms with Crippen LogP contribution in [-0.2, 0) is 4.79 Å². The van der Waals surface area contributed by atoms with Crippen molar-refractivity contribution in [3.63, 3.8) is 0 Å². The second-order valence-corrected chi connectivity index (χ2v) is 5.75. The highest BCUT2D eigenvalue weighted by Gasteiger charge is 2.13. The summed E-state index contributed by atoms with van der Waals surface area (Å²) in [5, 5.41) is 12.0. The van der Waals surface area contributed by atoms with Crippen LogP contribution in [0.2, 0.25) is 5.02 Å². The van der Waals surface area contributed by atoms with Crippen LogP contribution < -0.4 is 11.1 Å². The zero-order chi connectivity index (χ0) is 15.8. The van der Waals surface area contributed by atoms with E-state index >= 15 is 0 Å². The van der Waals surface area contributed by atoms with Gasteiger partial charge in [-0.05, 0) is 24.1 Å². The van der Waals surface area contributed by atoms with E-state index < -0.39 is 0 Å². The molecule has 0 atom stereocenters. The topological polar surface area (TPSA) is 82.2 Å². The second kappa shape index (κ2) is 8.50. The highest BCUT2D eigenvalue weighted by Crippen LogP contribution is 2.22. The third kappa shape index (κ3) is 6.48. The molecule has 0 aromatic heterocycles. The number of nitrogens with one attached hydrogen (secondary N) is 1. The standard InChI is InChI=1S/C15H21ClN4O/c1-11(2)9-20(7-3-6-17)10-15(21)19-14-8-12(16)4-5-13(14)18/h4-5,8,11H,3,7,9-10,18H2,1-2H3,(H,19,21). The number of nitriles is 1. The summed E-state index contributed by atoms with van der Waals surface area (Å²) in [6, 6.07) is 7.05. The molecule has 1 rings (SSSR count). The van der Waals surface area contributed by atoms with E-state index in [1.54, 1.807) is 18.2 Å².